The van der Waals surface area contributed by atoms with Crippen LogP contribution in [0.1, 0.15) is 32.3 Å². The van der Waals surface area contributed by atoms with Gasteiger partial charge in [0.1, 0.15) is 0 Å². The molecule has 1 aliphatic carbocycles. The van der Waals surface area contributed by atoms with Crippen molar-refractivity contribution in [3.8, 4) is 0 Å². The Bertz CT molecular complexity index is 580. The molecule has 1 heterocycles. The van der Waals surface area contributed by atoms with Crippen molar-refractivity contribution in [3.05, 3.63) is 42.1 Å². The lowest BCUT2D eigenvalue weighted by molar-refractivity contribution is 0.652. The van der Waals surface area contributed by atoms with E-state index in [1.807, 2.05) is 6.07 Å². The highest BCUT2D eigenvalue weighted by Crippen LogP contribution is 2.24. The average molecular weight is 283 g/mol. The second-order valence-electron chi connectivity index (χ2n) is 5.77. The molecular formula is C16H21N5. The van der Waals surface area contributed by atoms with E-state index in [4.69, 9.17) is 0 Å². The van der Waals surface area contributed by atoms with Gasteiger partial charge in [-0.1, -0.05) is 30.3 Å². The summed E-state index contributed by atoms with van der Waals surface area (Å²) >= 11 is 0. The van der Waals surface area contributed by atoms with Crippen molar-refractivity contribution in [2.24, 2.45) is 0 Å². The lowest BCUT2D eigenvalue weighted by atomic mass is 10.2. The minimum Gasteiger partial charge on any atom is -0.366 e. The number of hydrogen-bond acceptors (Lipinski definition) is 5. The van der Waals surface area contributed by atoms with Crippen molar-refractivity contribution in [2.45, 2.75) is 45.3 Å². The molecule has 0 spiro atoms. The Kier molecular flexibility index (Phi) is 3.99. The topological polar surface area (TPSA) is 53.9 Å². The van der Waals surface area contributed by atoms with Gasteiger partial charge in [0.05, 0.1) is 6.20 Å². The highest BCUT2D eigenvalue weighted by Gasteiger charge is 2.22. The fourth-order valence-electron chi connectivity index (χ4n) is 2.19. The SMILES string of the molecule is CC(C)N(Cc1ccccc1)c1nncc(NC2CC2)n1. The summed E-state index contributed by atoms with van der Waals surface area (Å²) in [5.74, 6) is 1.50. The van der Waals surface area contributed by atoms with Gasteiger partial charge in [0.2, 0.25) is 5.95 Å². The van der Waals surface area contributed by atoms with Gasteiger partial charge in [0.25, 0.3) is 0 Å². The van der Waals surface area contributed by atoms with Crippen molar-refractivity contribution in [2.75, 3.05) is 10.2 Å². The maximum Gasteiger partial charge on any atom is 0.247 e. The molecule has 1 N–H and O–H groups in total. The molecule has 0 radical (unpaired) electrons. The van der Waals surface area contributed by atoms with Crippen LogP contribution in [0.3, 0.4) is 0 Å². The van der Waals surface area contributed by atoms with Gasteiger partial charge in [-0.2, -0.15) is 10.1 Å². The molecule has 1 saturated carbocycles. The van der Waals surface area contributed by atoms with Gasteiger partial charge >= 0.3 is 0 Å². The fraction of sp³-hybridized carbons (Fsp3) is 0.438. The number of aromatic nitrogens is 3. The van der Waals surface area contributed by atoms with E-state index in [1.165, 1.54) is 18.4 Å². The highest BCUT2D eigenvalue weighted by atomic mass is 15.3. The van der Waals surface area contributed by atoms with Crippen molar-refractivity contribution in [1.29, 1.82) is 0 Å². The molecule has 110 valence electrons. The molecule has 21 heavy (non-hydrogen) atoms. The quantitative estimate of drug-likeness (QED) is 0.883. The minimum absolute atomic E-state index is 0.309. The van der Waals surface area contributed by atoms with Gasteiger partial charge in [-0.05, 0) is 32.3 Å². The maximum absolute atomic E-state index is 4.61. The summed E-state index contributed by atoms with van der Waals surface area (Å²) in [6.07, 6.45) is 4.14. The molecule has 1 aliphatic rings. The van der Waals surface area contributed by atoms with Gasteiger partial charge in [-0.15, -0.1) is 5.10 Å². The number of hydrogen-bond donors (Lipinski definition) is 1. The number of anilines is 2. The Morgan fingerprint density at radius 3 is 2.67 bits per heavy atom. The Hall–Kier alpha value is -2.17. The second kappa shape index (κ2) is 6.08. The van der Waals surface area contributed by atoms with E-state index in [0.717, 1.165) is 12.4 Å². The molecule has 3 rings (SSSR count). The zero-order valence-electron chi connectivity index (χ0n) is 12.5. The molecule has 0 unspecified atom stereocenters. The van der Waals surface area contributed by atoms with Crippen molar-refractivity contribution in [3.63, 3.8) is 0 Å². The molecule has 0 amide bonds. The molecule has 0 saturated heterocycles. The average Bonchev–Trinajstić information content (AvgIpc) is 3.30. The lowest BCUT2D eigenvalue weighted by Gasteiger charge is -2.26. The molecule has 0 aliphatic heterocycles. The van der Waals surface area contributed by atoms with E-state index >= 15 is 0 Å². The van der Waals surface area contributed by atoms with E-state index in [-0.39, 0.29) is 0 Å². The minimum atomic E-state index is 0.309. The molecule has 0 atom stereocenters. The number of nitrogens with zero attached hydrogens (tertiary/aromatic N) is 4. The summed E-state index contributed by atoms with van der Waals surface area (Å²) in [6, 6.07) is 11.3. The number of benzene rings is 1. The smallest absolute Gasteiger partial charge is 0.247 e. The summed E-state index contributed by atoms with van der Waals surface area (Å²) in [6.45, 7) is 5.08. The fourth-order valence-corrected chi connectivity index (χ4v) is 2.19. The van der Waals surface area contributed by atoms with Crippen LogP contribution in [0.5, 0.6) is 0 Å². The molecule has 5 nitrogen and oxygen atoms in total. The lowest BCUT2D eigenvalue weighted by Crippen LogP contribution is -2.32. The number of rotatable bonds is 6. The standard InChI is InChI=1S/C16H21N5/c1-12(2)21(11-13-6-4-3-5-7-13)16-19-15(10-17-20-16)18-14-8-9-14/h3-7,10,12,14H,8-9,11H2,1-2H3,(H,18,19,20). The van der Waals surface area contributed by atoms with Gasteiger partial charge < -0.3 is 10.2 Å². The molecule has 1 fully saturated rings. The Balaban J connectivity index is 1.79. The van der Waals surface area contributed by atoms with Crippen LogP contribution >= 0.6 is 0 Å². The highest BCUT2D eigenvalue weighted by molar-refractivity contribution is 5.41. The van der Waals surface area contributed by atoms with Crippen molar-refractivity contribution >= 4 is 11.8 Å². The third-order valence-electron chi connectivity index (χ3n) is 3.55. The monoisotopic (exact) mass is 283 g/mol. The van der Waals surface area contributed by atoms with Crippen LogP contribution in [0.25, 0.3) is 0 Å². The maximum atomic E-state index is 4.61. The van der Waals surface area contributed by atoms with Crippen molar-refractivity contribution < 1.29 is 0 Å². The Morgan fingerprint density at radius 2 is 2.00 bits per heavy atom. The molecule has 2 aromatic rings. The second-order valence-corrected chi connectivity index (χ2v) is 5.77. The van der Waals surface area contributed by atoms with Crippen LogP contribution in [-0.4, -0.2) is 27.3 Å². The first-order valence-electron chi connectivity index (χ1n) is 7.49. The molecule has 1 aromatic heterocycles. The van der Waals surface area contributed by atoms with Crippen LogP contribution in [0.2, 0.25) is 0 Å². The van der Waals surface area contributed by atoms with E-state index in [9.17, 15) is 0 Å². The summed E-state index contributed by atoms with van der Waals surface area (Å²) in [7, 11) is 0. The molecular weight excluding hydrogens is 262 g/mol. The van der Waals surface area contributed by atoms with E-state index in [1.54, 1.807) is 6.20 Å². The van der Waals surface area contributed by atoms with Gasteiger partial charge in [0.15, 0.2) is 5.82 Å². The van der Waals surface area contributed by atoms with E-state index in [2.05, 4.69) is 63.5 Å². The first-order valence-corrected chi connectivity index (χ1v) is 7.49. The predicted octanol–water partition coefficient (Wildman–Crippen LogP) is 2.86. The first-order chi connectivity index (χ1) is 10.2. The van der Waals surface area contributed by atoms with Gasteiger partial charge in [-0.3, -0.25) is 0 Å². The van der Waals surface area contributed by atoms with Crippen LogP contribution < -0.4 is 10.2 Å². The van der Waals surface area contributed by atoms with Crippen LogP contribution in [0.4, 0.5) is 11.8 Å². The Labute approximate surface area is 125 Å². The third kappa shape index (κ3) is 3.68. The van der Waals surface area contributed by atoms with Crippen molar-refractivity contribution in [1.82, 2.24) is 15.2 Å². The number of nitrogens with one attached hydrogen (secondary N) is 1. The Morgan fingerprint density at radius 1 is 1.24 bits per heavy atom. The van der Waals surface area contributed by atoms with Crippen LogP contribution in [-0.2, 0) is 6.54 Å². The van der Waals surface area contributed by atoms with Gasteiger partial charge in [0, 0.05) is 18.6 Å². The summed E-state index contributed by atoms with van der Waals surface area (Å²) < 4.78 is 0. The van der Waals surface area contributed by atoms with E-state index < -0.39 is 0 Å². The molecule has 0 bridgehead atoms. The predicted molar refractivity (Wildman–Crippen MR) is 84.2 cm³/mol. The third-order valence-corrected chi connectivity index (χ3v) is 3.55. The zero-order chi connectivity index (χ0) is 14.7. The molecule has 5 heteroatoms. The molecule has 1 aromatic carbocycles. The normalized spacial score (nSPS) is 14.2. The summed E-state index contributed by atoms with van der Waals surface area (Å²) in [4.78, 5) is 6.78. The first kappa shape index (κ1) is 13.8. The summed E-state index contributed by atoms with van der Waals surface area (Å²) in [5, 5.41) is 11.7. The van der Waals surface area contributed by atoms with Crippen LogP contribution in [0, 0.1) is 0 Å². The summed E-state index contributed by atoms with van der Waals surface area (Å²) in [5.41, 5.74) is 1.25. The van der Waals surface area contributed by atoms with E-state index in [0.29, 0.717) is 18.0 Å². The van der Waals surface area contributed by atoms with Gasteiger partial charge in [-0.25, -0.2) is 0 Å². The zero-order valence-corrected chi connectivity index (χ0v) is 12.5. The largest absolute Gasteiger partial charge is 0.366 e. The van der Waals surface area contributed by atoms with Crippen LogP contribution in [0.15, 0.2) is 36.5 Å².